The molecule has 1 radical (unpaired) electrons. The van der Waals surface area contributed by atoms with Crippen molar-refractivity contribution in [2.45, 2.75) is 18.9 Å². The van der Waals surface area contributed by atoms with Gasteiger partial charge >= 0.3 is 0 Å². The van der Waals surface area contributed by atoms with Gasteiger partial charge in [0.2, 0.25) is 0 Å². The molecule has 1 saturated heterocycles. The molecule has 2 nitrogen and oxygen atoms in total. The fraction of sp³-hybridized carbons (Fsp3) is 0.636. The lowest BCUT2D eigenvalue weighted by Gasteiger charge is -2.32. The van der Waals surface area contributed by atoms with Crippen molar-refractivity contribution in [1.82, 2.24) is 10.2 Å². The third-order valence-electron chi connectivity index (χ3n) is 2.48. The lowest BCUT2D eigenvalue weighted by atomic mass is 10.0. The number of nitrogens with zero attached hydrogens (tertiary/aromatic N) is 2. The second-order valence-corrected chi connectivity index (χ2v) is 3.43. The van der Waals surface area contributed by atoms with Crippen molar-refractivity contribution in [2.75, 3.05) is 26.2 Å². The molecule has 0 amide bonds. The summed E-state index contributed by atoms with van der Waals surface area (Å²) in [6.45, 7) is 11.5. The van der Waals surface area contributed by atoms with E-state index in [9.17, 15) is 0 Å². The van der Waals surface area contributed by atoms with Crippen LogP contribution in [0.4, 0.5) is 0 Å². The average Bonchev–Trinajstić information content (AvgIpc) is 2.19. The van der Waals surface area contributed by atoms with Crippen molar-refractivity contribution in [2.24, 2.45) is 0 Å². The van der Waals surface area contributed by atoms with Gasteiger partial charge in [0.05, 0.1) is 0 Å². The Bertz CT molecular complexity index is 149. The van der Waals surface area contributed by atoms with Gasteiger partial charge in [-0.3, -0.25) is 4.90 Å². The van der Waals surface area contributed by atoms with Crippen LogP contribution in [0.3, 0.4) is 0 Å². The molecule has 2 heteroatoms. The van der Waals surface area contributed by atoms with Crippen LogP contribution in [0.2, 0.25) is 0 Å². The summed E-state index contributed by atoms with van der Waals surface area (Å²) in [5, 5.41) is 4.35. The lowest BCUT2D eigenvalue weighted by Crippen LogP contribution is -2.41. The van der Waals surface area contributed by atoms with Crippen LogP contribution < -0.4 is 5.32 Å². The topological polar surface area (TPSA) is 17.3 Å². The molecule has 0 aromatic rings. The monoisotopic (exact) mass is 179 g/mol. The third-order valence-corrected chi connectivity index (χ3v) is 2.48. The van der Waals surface area contributed by atoms with Crippen molar-refractivity contribution in [3.63, 3.8) is 0 Å². The first kappa shape index (κ1) is 10.5. The van der Waals surface area contributed by atoms with E-state index in [1.54, 1.807) is 0 Å². The zero-order chi connectivity index (χ0) is 9.52. The van der Waals surface area contributed by atoms with Gasteiger partial charge in [0.15, 0.2) is 0 Å². The fourth-order valence-corrected chi connectivity index (χ4v) is 1.81. The molecule has 13 heavy (non-hydrogen) atoms. The highest BCUT2D eigenvalue weighted by Gasteiger charge is 2.18. The van der Waals surface area contributed by atoms with Gasteiger partial charge in [-0.1, -0.05) is 12.2 Å². The molecule has 1 aliphatic rings. The highest BCUT2D eigenvalue weighted by molar-refractivity contribution is 4.86. The highest BCUT2D eigenvalue weighted by Crippen LogP contribution is 2.11. The maximum atomic E-state index is 4.35. The third kappa shape index (κ3) is 3.33. The van der Waals surface area contributed by atoms with Crippen LogP contribution in [0.15, 0.2) is 25.3 Å². The summed E-state index contributed by atoms with van der Waals surface area (Å²) < 4.78 is 0. The second kappa shape index (κ2) is 5.95. The Morgan fingerprint density at radius 3 is 2.15 bits per heavy atom. The van der Waals surface area contributed by atoms with Gasteiger partial charge in [-0.25, -0.2) is 5.32 Å². The SMILES string of the molecule is C=CCN(CC=C)C1CC[N]CC1. The van der Waals surface area contributed by atoms with Gasteiger partial charge in [-0.15, -0.1) is 13.2 Å². The van der Waals surface area contributed by atoms with E-state index in [2.05, 4.69) is 23.4 Å². The normalized spacial score (nSPS) is 18.8. The lowest BCUT2D eigenvalue weighted by molar-refractivity contribution is 0.195. The second-order valence-electron chi connectivity index (χ2n) is 3.43. The van der Waals surface area contributed by atoms with Crippen LogP contribution in [0.25, 0.3) is 0 Å². The van der Waals surface area contributed by atoms with Crippen LogP contribution in [0, 0.1) is 0 Å². The van der Waals surface area contributed by atoms with E-state index < -0.39 is 0 Å². The molecule has 1 aliphatic heterocycles. The molecule has 0 unspecified atom stereocenters. The molecule has 0 spiro atoms. The Morgan fingerprint density at radius 1 is 1.15 bits per heavy atom. The van der Waals surface area contributed by atoms with Gasteiger partial charge in [-0.2, -0.15) is 0 Å². The first-order valence-corrected chi connectivity index (χ1v) is 4.97. The molecule has 0 aliphatic carbocycles. The summed E-state index contributed by atoms with van der Waals surface area (Å²) in [5.74, 6) is 0. The molecule has 0 atom stereocenters. The highest BCUT2D eigenvalue weighted by atomic mass is 15.2. The van der Waals surface area contributed by atoms with E-state index in [0.717, 1.165) is 26.2 Å². The quantitative estimate of drug-likeness (QED) is 0.584. The van der Waals surface area contributed by atoms with Crippen LogP contribution in [-0.4, -0.2) is 37.1 Å². The van der Waals surface area contributed by atoms with Crippen molar-refractivity contribution in [3.05, 3.63) is 25.3 Å². The van der Waals surface area contributed by atoms with Crippen molar-refractivity contribution in [3.8, 4) is 0 Å². The minimum Gasteiger partial charge on any atom is -0.293 e. The molecule has 1 fully saturated rings. The zero-order valence-corrected chi connectivity index (χ0v) is 8.28. The van der Waals surface area contributed by atoms with E-state index in [1.807, 2.05) is 12.2 Å². The average molecular weight is 179 g/mol. The van der Waals surface area contributed by atoms with E-state index in [-0.39, 0.29) is 0 Å². The maximum absolute atomic E-state index is 4.35. The fourth-order valence-electron chi connectivity index (χ4n) is 1.81. The Morgan fingerprint density at radius 2 is 1.69 bits per heavy atom. The number of hydrogen-bond donors (Lipinski definition) is 0. The van der Waals surface area contributed by atoms with E-state index in [1.165, 1.54) is 12.8 Å². The number of piperidine rings is 1. The van der Waals surface area contributed by atoms with Crippen LogP contribution in [-0.2, 0) is 0 Å². The van der Waals surface area contributed by atoms with Crippen molar-refractivity contribution >= 4 is 0 Å². The van der Waals surface area contributed by atoms with E-state index in [0.29, 0.717) is 6.04 Å². The summed E-state index contributed by atoms with van der Waals surface area (Å²) in [7, 11) is 0. The molecule has 0 aromatic carbocycles. The molecule has 1 heterocycles. The van der Waals surface area contributed by atoms with Crippen molar-refractivity contribution < 1.29 is 0 Å². The Balaban J connectivity index is 2.40. The molecule has 73 valence electrons. The van der Waals surface area contributed by atoms with Gasteiger partial charge in [0, 0.05) is 32.2 Å². The van der Waals surface area contributed by atoms with Gasteiger partial charge in [0.25, 0.3) is 0 Å². The van der Waals surface area contributed by atoms with Crippen LogP contribution in [0.5, 0.6) is 0 Å². The summed E-state index contributed by atoms with van der Waals surface area (Å²) >= 11 is 0. The first-order chi connectivity index (χ1) is 6.38. The van der Waals surface area contributed by atoms with Crippen molar-refractivity contribution in [1.29, 1.82) is 0 Å². The molecule has 1 rings (SSSR count). The summed E-state index contributed by atoms with van der Waals surface area (Å²) in [5.41, 5.74) is 0. The van der Waals surface area contributed by atoms with Gasteiger partial charge < -0.3 is 0 Å². The molecule has 0 aromatic heterocycles. The molecular weight excluding hydrogens is 160 g/mol. The molecule has 0 bridgehead atoms. The van der Waals surface area contributed by atoms with Gasteiger partial charge in [-0.05, 0) is 12.8 Å². The minimum absolute atomic E-state index is 0.688. The summed E-state index contributed by atoms with van der Waals surface area (Å²) in [6, 6.07) is 0.688. The predicted octanol–water partition coefficient (Wildman–Crippen LogP) is 1.43. The summed E-state index contributed by atoms with van der Waals surface area (Å²) in [4.78, 5) is 2.43. The first-order valence-electron chi connectivity index (χ1n) is 4.97. The number of hydrogen-bond acceptors (Lipinski definition) is 1. The maximum Gasteiger partial charge on any atom is 0.0166 e. The van der Waals surface area contributed by atoms with Crippen LogP contribution >= 0.6 is 0 Å². The van der Waals surface area contributed by atoms with E-state index in [4.69, 9.17) is 0 Å². The molecule has 0 N–H and O–H groups in total. The van der Waals surface area contributed by atoms with E-state index >= 15 is 0 Å². The predicted molar refractivity (Wildman–Crippen MR) is 56.9 cm³/mol. The minimum atomic E-state index is 0.688. The molecule has 0 saturated carbocycles. The number of rotatable bonds is 5. The standard InChI is InChI=1S/C11H19N2/c1-3-9-13(10-4-2)11-5-7-12-8-6-11/h3-4,11H,1-2,5-10H2. The smallest absolute Gasteiger partial charge is 0.0166 e. The summed E-state index contributed by atoms with van der Waals surface area (Å²) in [6.07, 6.45) is 6.33. The zero-order valence-electron chi connectivity index (χ0n) is 8.28. The Hall–Kier alpha value is -0.600. The van der Waals surface area contributed by atoms with Gasteiger partial charge in [0.1, 0.15) is 0 Å². The van der Waals surface area contributed by atoms with Crippen LogP contribution in [0.1, 0.15) is 12.8 Å². The Kier molecular flexibility index (Phi) is 4.79. The Labute approximate surface area is 81.3 Å². The largest absolute Gasteiger partial charge is 0.293 e. The molecular formula is C11H19N2.